The third kappa shape index (κ3) is 5.01. The van der Waals surface area contributed by atoms with Crippen LogP contribution < -0.4 is 14.8 Å². The molecule has 2 aromatic carbocycles. The summed E-state index contributed by atoms with van der Waals surface area (Å²) in [5.41, 5.74) is 1.54. The number of nitrogens with one attached hydrogen (secondary N) is 1. The van der Waals surface area contributed by atoms with Crippen molar-refractivity contribution >= 4 is 29.6 Å². The van der Waals surface area contributed by atoms with Crippen molar-refractivity contribution in [1.82, 2.24) is 5.32 Å². The molecule has 6 nitrogen and oxygen atoms in total. The maximum Gasteiger partial charge on any atom is 0.331 e. The van der Waals surface area contributed by atoms with Crippen LogP contribution in [0.25, 0.3) is 6.08 Å². The van der Waals surface area contributed by atoms with Gasteiger partial charge in [-0.05, 0) is 42.3 Å². The molecular weight excluding hydrogens is 370 g/mol. The number of hydrogen-bond acceptors (Lipinski definition) is 5. The van der Waals surface area contributed by atoms with Crippen molar-refractivity contribution in [3.63, 3.8) is 0 Å². The summed E-state index contributed by atoms with van der Waals surface area (Å²) in [6, 6.07) is 12.5. The molecule has 0 aliphatic carbocycles. The lowest BCUT2D eigenvalue weighted by Gasteiger charge is -2.12. The minimum absolute atomic E-state index is 0.194. The highest BCUT2D eigenvalue weighted by atomic mass is 35.5. The standard InChI is InChI=1S/C20H18ClNO5/c1-13(27-19(23)9-7-15-4-2-3-5-16(15)21)20(24)22-11-14-6-8-17-18(10-14)26-12-25-17/h2-10,13H,11-12H2,1H3,(H,22,24). The van der Waals surface area contributed by atoms with Crippen LogP contribution in [0.3, 0.4) is 0 Å². The van der Waals surface area contributed by atoms with E-state index in [0.717, 1.165) is 5.56 Å². The minimum atomic E-state index is -0.928. The molecular formula is C20H18ClNO5. The molecule has 1 aliphatic rings. The highest BCUT2D eigenvalue weighted by molar-refractivity contribution is 6.32. The van der Waals surface area contributed by atoms with Gasteiger partial charge in [0, 0.05) is 17.6 Å². The molecule has 1 heterocycles. The Hall–Kier alpha value is -2.99. The lowest BCUT2D eigenvalue weighted by molar-refractivity contribution is -0.150. The molecule has 0 saturated heterocycles. The van der Waals surface area contributed by atoms with Crippen molar-refractivity contribution in [1.29, 1.82) is 0 Å². The number of benzene rings is 2. The first-order valence-corrected chi connectivity index (χ1v) is 8.70. The Balaban J connectivity index is 1.48. The van der Waals surface area contributed by atoms with Crippen LogP contribution in [0.4, 0.5) is 0 Å². The predicted molar refractivity (Wildman–Crippen MR) is 100 cm³/mol. The fraction of sp³-hybridized carbons (Fsp3) is 0.200. The van der Waals surface area contributed by atoms with E-state index in [9.17, 15) is 9.59 Å². The molecule has 7 heteroatoms. The van der Waals surface area contributed by atoms with Crippen LogP contribution in [0.5, 0.6) is 11.5 Å². The molecule has 1 atom stereocenters. The fourth-order valence-corrected chi connectivity index (χ4v) is 2.62. The third-order valence-corrected chi connectivity index (χ3v) is 4.21. The Kier molecular flexibility index (Phi) is 5.98. The summed E-state index contributed by atoms with van der Waals surface area (Å²) in [7, 11) is 0. The van der Waals surface area contributed by atoms with Crippen molar-refractivity contribution in [2.24, 2.45) is 0 Å². The quantitative estimate of drug-likeness (QED) is 0.608. The zero-order valence-electron chi connectivity index (χ0n) is 14.6. The lowest BCUT2D eigenvalue weighted by atomic mass is 10.2. The number of carbonyl (C=O) groups excluding carboxylic acids is 2. The van der Waals surface area contributed by atoms with E-state index in [1.807, 2.05) is 12.1 Å². The molecule has 0 spiro atoms. The number of ether oxygens (including phenoxy) is 3. The van der Waals surface area contributed by atoms with E-state index in [2.05, 4.69) is 5.32 Å². The smallest absolute Gasteiger partial charge is 0.331 e. The van der Waals surface area contributed by atoms with Gasteiger partial charge in [0.2, 0.25) is 6.79 Å². The van der Waals surface area contributed by atoms with E-state index in [1.54, 1.807) is 36.4 Å². The maximum absolute atomic E-state index is 12.1. The van der Waals surface area contributed by atoms with Crippen molar-refractivity contribution < 1.29 is 23.8 Å². The first-order chi connectivity index (χ1) is 13.0. The van der Waals surface area contributed by atoms with Gasteiger partial charge < -0.3 is 19.5 Å². The van der Waals surface area contributed by atoms with Crippen LogP contribution in [-0.2, 0) is 20.9 Å². The fourth-order valence-electron chi connectivity index (χ4n) is 2.42. The largest absolute Gasteiger partial charge is 0.454 e. The molecule has 1 N–H and O–H groups in total. The summed E-state index contributed by atoms with van der Waals surface area (Å²) in [6.07, 6.45) is 1.85. The monoisotopic (exact) mass is 387 g/mol. The summed E-state index contributed by atoms with van der Waals surface area (Å²) in [4.78, 5) is 24.0. The van der Waals surface area contributed by atoms with Crippen molar-refractivity contribution in [3.05, 3.63) is 64.7 Å². The van der Waals surface area contributed by atoms with Crippen LogP contribution in [0.1, 0.15) is 18.1 Å². The van der Waals surface area contributed by atoms with Crippen molar-refractivity contribution in [2.45, 2.75) is 19.6 Å². The molecule has 1 amide bonds. The molecule has 0 bridgehead atoms. The van der Waals surface area contributed by atoms with E-state index < -0.39 is 18.0 Å². The van der Waals surface area contributed by atoms with Crippen LogP contribution >= 0.6 is 11.6 Å². The molecule has 0 fully saturated rings. The molecule has 1 aliphatic heterocycles. The van der Waals surface area contributed by atoms with Crippen LogP contribution in [0.15, 0.2) is 48.5 Å². The van der Waals surface area contributed by atoms with Crippen LogP contribution in [-0.4, -0.2) is 24.8 Å². The lowest BCUT2D eigenvalue weighted by Crippen LogP contribution is -2.35. The zero-order valence-corrected chi connectivity index (χ0v) is 15.4. The minimum Gasteiger partial charge on any atom is -0.454 e. The second-order valence-electron chi connectivity index (χ2n) is 5.84. The molecule has 2 aromatic rings. The van der Waals surface area contributed by atoms with E-state index in [0.29, 0.717) is 22.1 Å². The predicted octanol–water partition coefficient (Wildman–Crippen LogP) is 3.33. The molecule has 0 radical (unpaired) electrons. The van der Waals surface area contributed by atoms with Crippen molar-refractivity contribution in [3.8, 4) is 11.5 Å². The number of rotatable bonds is 6. The van der Waals surface area contributed by atoms with Gasteiger partial charge in [-0.3, -0.25) is 4.79 Å². The third-order valence-electron chi connectivity index (χ3n) is 3.87. The van der Waals surface area contributed by atoms with Gasteiger partial charge >= 0.3 is 5.97 Å². The second kappa shape index (κ2) is 8.60. The number of carbonyl (C=O) groups is 2. The van der Waals surface area contributed by atoms with Gasteiger partial charge in [0.05, 0.1) is 0 Å². The molecule has 27 heavy (non-hydrogen) atoms. The highest BCUT2D eigenvalue weighted by Crippen LogP contribution is 2.32. The average Bonchev–Trinajstić information content (AvgIpc) is 3.13. The SMILES string of the molecule is CC(OC(=O)C=Cc1ccccc1Cl)C(=O)NCc1ccc2c(c1)OCO2. The van der Waals surface area contributed by atoms with Crippen molar-refractivity contribution in [2.75, 3.05) is 6.79 Å². The Morgan fingerprint density at radius 1 is 1.22 bits per heavy atom. The van der Waals surface area contributed by atoms with E-state index in [-0.39, 0.29) is 13.3 Å². The van der Waals surface area contributed by atoms with Gasteiger partial charge in [-0.25, -0.2) is 4.79 Å². The topological polar surface area (TPSA) is 73.9 Å². The number of hydrogen-bond donors (Lipinski definition) is 1. The maximum atomic E-state index is 12.1. The second-order valence-corrected chi connectivity index (χ2v) is 6.25. The van der Waals surface area contributed by atoms with Gasteiger partial charge in [0.1, 0.15) is 0 Å². The first kappa shape index (κ1) is 18.8. The summed E-state index contributed by atoms with van der Waals surface area (Å²) in [5.74, 6) is 0.302. The summed E-state index contributed by atoms with van der Waals surface area (Å²) in [6.45, 7) is 1.99. The Bertz CT molecular complexity index is 880. The van der Waals surface area contributed by atoms with Gasteiger partial charge in [-0.1, -0.05) is 35.9 Å². The van der Waals surface area contributed by atoms with E-state index in [4.69, 9.17) is 25.8 Å². The van der Waals surface area contributed by atoms with Gasteiger partial charge in [0.25, 0.3) is 5.91 Å². The first-order valence-electron chi connectivity index (χ1n) is 8.32. The summed E-state index contributed by atoms with van der Waals surface area (Å²) >= 11 is 6.01. The Labute approximate surface area is 161 Å². The van der Waals surface area contributed by atoms with Crippen LogP contribution in [0.2, 0.25) is 5.02 Å². The molecule has 140 valence electrons. The normalized spacial score (nSPS) is 13.4. The summed E-state index contributed by atoms with van der Waals surface area (Å²) < 4.78 is 15.6. The average molecular weight is 388 g/mol. The molecule has 3 rings (SSSR count). The number of esters is 1. The van der Waals surface area contributed by atoms with Gasteiger partial charge in [-0.2, -0.15) is 0 Å². The molecule has 0 saturated carbocycles. The number of fused-ring (bicyclic) bond motifs is 1. The van der Waals surface area contributed by atoms with Gasteiger partial charge in [-0.15, -0.1) is 0 Å². The van der Waals surface area contributed by atoms with E-state index in [1.165, 1.54) is 13.0 Å². The zero-order chi connectivity index (χ0) is 19.2. The van der Waals surface area contributed by atoms with Gasteiger partial charge in [0.15, 0.2) is 17.6 Å². The number of halogens is 1. The number of amides is 1. The molecule has 1 unspecified atom stereocenters. The summed E-state index contributed by atoms with van der Waals surface area (Å²) in [5, 5.41) is 3.24. The van der Waals surface area contributed by atoms with E-state index >= 15 is 0 Å². The Morgan fingerprint density at radius 3 is 2.81 bits per heavy atom. The molecule has 0 aromatic heterocycles. The van der Waals surface area contributed by atoms with Crippen LogP contribution in [0, 0.1) is 0 Å². The Morgan fingerprint density at radius 2 is 2.00 bits per heavy atom. The highest BCUT2D eigenvalue weighted by Gasteiger charge is 2.17.